The van der Waals surface area contributed by atoms with E-state index < -0.39 is 8.07 Å². The second-order valence-electron chi connectivity index (χ2n) is 5.25. The summed E-state index contributed by atoms with van der Waals surface area (Å²) in [5, 5.41) is 1.87. The van der Waals surface area contributed by atoms with Crippen LogP contribution in [0.2, 0.25) is 19.6 Å². The van der Waals surface area contributed by atoms with Crippen molar-refractivity contribution in [1.29, 1.82) is 0 Å². The Morgan fingerprint density at radius 3 is 2.67 bits per heavy atom. The van der Waals surface area contributed by atoms with Gasteiger partial charge in [0.2, 0.25) is 0 Å². The zero-order valence-corrected chi connectivity index (χ0v) is 11.8. The van der Waals surface area contributed by atoms with Gasteiger partial charge in [0.25, 0.3) is 0 Å². The Morgan fingerprint density at radius 1 is 1.22 bits per heavy atom. The number of carbonyl (C=O) groups excluding carboxylic acids is 1. The van der Waals surface area contributed by atoms with E-state index in [1.807, 2.05) is 18.2 Å². The number of pyridine rings is 1. The highest BCUT2D eigenvalue weighted by Gasteiger charge is 2.09. The minimum atomic E-state index is -1.42. The van der Waals surface area contributed by atoms with Crippen LogP contribution in [0.1, 0.15) is 15.9 Å². The molecule has 0 aliphatic rings. The summed E-state index contributed by atoms with van der Waals surface area (Å²) in [6.07, 6.45) is 4.20. The molecule has 0 bridgehead atoms. The van der Waals surface area contributed by atoms with Crippen molar-refractivity contribution in [1.82, 2.24) is 4.98 Å². The lowest BCUT2D eigenvalue weighted by Gasteiger charge is -2.05. The summed E-state index contributed by atoms with van der Waals surface area (Å²) >= 11 is 0. The number of benzene rings is 1. The van der Waals surface area contributed by atoms with Crippen LogP contribution in [-0.4, -0.2) is 19.3 Å². The highest BCUT2D eigenvalue weighted by molar-refractivity contribution is 6.83. The molecule has 0 amide bonds. The Labute approximate surface area is 108 Å². The van der Waals surface area contributed by atoms with Gasteiger partial charge in [-0.15, -0.1) is 5.54 Å². The lowest BCUT2D eigenvalue weighted by Crippen LogP contribution is -2.16. The molecule has 2 rings (SSSR count). The second-order valence-corrected chi connectivity index (χ2v) is 10.0. The average Bonchev–Trinajstić information content (AvgIpc) is 2.34. The molecule has 0 fully saturated rings. The fourth-order valence-electron chi connectivity index (χ4n) is 1.71. The summed E-state index contributed by atoms with van der Waals surface area (Å²) in [5.41, 5.74) is 4.85. The predicted molar refractivity (Wildman–Crippen MR) is 77.4 cm³/mol. The number of rotatable bonds is 1. The molecule has 0 spiro atoms. The van der Waals surface area contributed by atoms with Gasteiger partial charge in [-0.3, -0.25) is 9.78 Å². The van der Waals surface area contributed by atoms with Crippen LogP contribution in [0.4, 0.5) is 0 Å². The van der Waals surface area contributed by atoms with Crippen LogP contribution in [0.15, 0.2) is 30.6 Å². The molecule has 1 aromatic carbocycles. The molecule has 2 aromatic rings. The molecule has 90 valence electrons. The van der Waals surface area contributed by atoms with Crippen LogP contribution >= 0.6 is 0 Å². The monoisotopic (exact) mass is 253 g/mol. The summed E-state index contributed by atoms with van der Waals surface area (Å²) in [6, 6.07) is 5.87. The van der Waals surface area contributed by atoms with E-state index in [2.05, 4.69) is 36.1 Å². The molecule has 0 radical (unpaired) electrons. The molecular formula is C15H15NOSi. The largest absolute Gasteiger partial charge is 0.298 e. The van der Waals surface area contributed by atoms with E-state index in [0.29, 0.717) is 5.56 Å². The van der Waals surface area contributed by atoms with Crippen LogP contribution < -0.4 is 0 Å². The molecule has 18 heavy (non-hydrogen) atoms. The van der Waals surface area contributed by atoms with E-state index in [1.165, 1.54) is 0 Å². The first-order valence-corrected chi connectivity index (χ1v) is 9.36. The molecule has 0 aliphatic heterocycles. The lowest BCUT2D eigenvalue weighted by atomic mass is 10.0. The summed E-state index contributed by atoms with van der Waals surface area (Å²) in [7, 11) is -1.42. The minimum absolute atomic E-state index is 0.605. The van der Waals surface area contributed by atoms with Crippen molar-refractivity contribution >= 4 is 25.1 Å². The minimum Gasteiger partial charge on any atom is -0.298 e. The SMILES string of the molecule is C[Si](C)(C)C#Cc1cccc2cncc(C=O)c12. The van der Waals surface area contributed by atoms with Crippen LogP contribution in [0, 0.1) is 11.5 Å². The van der Waals surface area contributed by atoms with Crippen molar-refractivity contribution in [2.45, 2.75) is 19.6 Å². The van der Waals surface area contributed by atoms with Crippen molar-refractivity contribution in [2.75, 3.05) is 0 Å². The van der Waals surface area contributed by atoms with Gasteiger partial charge in [-0.25, -0.2) is 0 Å². The van der Waals surface area contributed by atoms with E-state index in [0.717, 1.165) is 22.6 Å². The third-order valence-corrected chi connectivity index (χ3v) is 3.39. The fourth-order valence-corrected chi connectivity index (χ4v) is 2.22. The Bertz CT molecular complexity index is 654. The Balaban J connectivity index is 2.70. The van der Waals surface area contributed by atoms with Crippen molar-refractivity contribution in [3.63, 3.8) is 0 Å². The lowest BCUT2D eigenvalue weighted by molar-refractivity contribution is 0.112. The van der Waals surface area contributed by atoms with Crippen molar-refractivity contribution in [3.8, 4) is 11.5 Å². The van der Waals surface area contributed by atoms with Crippen LogP contribution in [0.5, 0.6) is 0 Å². The number of aromatic nitrogens is 1. The van der Waals surface area contributed by atoms with Gasteiger partial charge in [-0.05, 0) is 6.07 Å². The van der Waals surface area contributed by atoms with Gasteiger partial charge in [0.15, 0.2) is 6.29 Å². The second kappa shape index (κ2) is 4.75. The number of fused-ring (bicyclic) bond motifs is 1. The topological polar surface area (TPSA) is 30.0 Å². The molecule has 0 saturated heterocycles. The van der Waals surface area contributed by atoms with Crippen molar-refractivity contribution in [2.24, 2.45) is 0 Å². The Hall–Kier alpha value is -1.92. The summed E-state index contributed by atoms with van der Waals surface area (Å²) < 4.78 is 0. The maximum Gasteiger partial charge on any atom is 0.152 e. The Kier molecular flexibility index (Phi) is 3.31. The summed E-state index contributed by atoms with van der Waals surface area (Å²) in [6.45, 7) is 6.61. The van der Waals surface area contributed by atoms with E-state index in [1.54, 1.807) is 12.4 Å². The van der Waals surface area contributed by atoms with Crippen molar-refractivity contribution < 1.29 is 4.79 Å². The standard InChI is InChI=1S/C15H15NOSi/c1-18(2,3)8-7-12-5-4-6-13-9-16-10-14(11-17)15(12)13/h4-6,9-11H,1-3H3. The normalized spacial score (nSPS) is 10.8. The number of aldehydes is 1. The molecule has 1 aromatic heterocycles. The zero-order valence-electron chi connectivity index (χ0n) is 10.8. The number of carbonyl (C=O) groups is 1. The summed E-state index contributed by atoms with van der Waals surface area (Å²) in [5.74, 6) is 3.23. The van der Waals surface area contributed by atoms with Gasteiger partial charge < -0.3 is 0 Å². The third kappa shape index (κ3) is 2.66. The van der Waals surface area contributed by atoms with Gasteiger partial charge in [0.05, 0.1) is 0 Å². The maximum absolute atomic E-state index is 11.1. The van der Waals surface area contributed by atoms with Crippen LogP contribution in [0.25, 0.3) is 10.8 Å². The first kappa shape index (κ1) is 12.5. The predicted octanol–water partition coefficient (Wildman–Crippen LogP) is 3.28. The molecule has 0 N–H and O–H groups in total. The van der Waals surface area contributed by atoms with Crippen molar-refractivity contribution in [3.05, 3.63) is 41.7 Å². The fraction of sp³-hybridized carbons (Fsp3) is 0.200. The molecule has 3 heteroatoms. The van der Waals surface area contributed by atoms with Gasteiger partial charge >= 0.3 is 0 Å². The number of hydrogen-bond donors (Lipinski definition) is 0. The first-order valence-electron chi connectivity index (χ1n) is 5.86. The molecule has 0 atom stereocenters. The average molecular weight is 253 g/mol. The quantitative estimate of drug-likeness (QED) is 0.443. The third-order valence-electron chi connectivity index (χ3n) is 2.51. The smallest absolute Gasteiger partial charge is 0.152 e. The molecular weight excluding hydrogens is 238 g/mol. The Morgan fingerprint density at radius 2 is 2.00 bits per heavy atom. The maximum atomic E-state index is 11.1. The number of nitrogens with zero attached hydrogens (tertiary/aromatic N) is 1. The highest BCUT2D eigenvalue weighted by Crippen LogP contribution is 2.20. The highest BCUT2D eigenvalue weighted by atomic mass is 28.3. The van der Waals surface area contributed by atoms with Crippen LogP contribution in [0.3, 0.4) is 0 Å². The first-order chi connectivity index (χ1) is 8.51. The van der Waals surface area contributed by atoms with Gasteiger partial charge in [0.1, 0.15) is 8.07 Å². The molecule has 0 unspecified atom stereocenters. The molecule has 2 nitrogen and oxygen atoms in total. The summed E-state index contributed by atoms with van der Waals surface area (Å²) in [4.78, 5) is 15.2. The van der Waals surface area contributed by atoms with Crippen LogP contribution in [-0.2, 0) is 0 Å². The van der Waals surface area contributed by atoms with E-state index in [4.69, 9.17) is 0 Å². The van der Waals surface area contributed by atoms with Gasteiger partial charge in [0, 0.05) is 34.3 Å². The number of hydrogen-bond acceptors (Lipinski definition) is 2. The van der Waals surface area contributed by atoms with E-state index >= 15 is 0 Å². The zero-order chi connectivity index (χ0) is 13.2. The van der Waals surface area contributed by atoms with Gasteiger partial charge in [-0.2, -0.15) is 0 Å². The molecule has 0 saturated carbocycles. The molecule has 1 heterocycles. The van der Waals surface area contributed by atoms with Gasteiger partial charge in [-0.1, -0.05) is 37.7 Å². The van der Waals surface area contributed by atoms with E-state index in [9.17, 15) is 4.79 Å². The molecule has 0 aliphatic carbocycles. The van der Waals surface area contributed by atoms with E-state index in [-0.39, 0.29) is 0 Å².